The van der Waals surface area contributed by atoms with Gasteiger partial charge in [0.15, 0.2) is 0 Å². The number of carboxylic acids is 1. The summed E-state index contributed by atoms with van der Waals surface area (Å²) in [6, 6.07) is 0. The molecule has 0 aliphatic rings. The predicted molar refractivity (Wildman–Crippen MR) is 94.4 cm³/mol. The van der Waals surface area contributed by atoms with Gasteiger partial charge in [-0.2, -0.15) is 25.7 Å². The first-order valence-electron chi connectivity index (χ1n) is 7.76. The Morgan fingerprint density at radius 3 is 0.762 bits per heavy atom. The van der Waals surface area contributed by atoms with Crippen LogP contribution in [0.15, 0.2) is 0 Å². The van der Waals surface area contributed by atoms with Crippen molar-refractivity contribution >= 4 is 5.97 Å². The summed E-state index contributed by atoms with van der Waals surface area (Å²) in [7, 11) is 0. The zero-order valence-corrected chi connectivity index (χ0v) is 18.5. The van der Waals surface area contributed by atoms with E-state index in [2.05, 4.69) is 55.4 Å². The van der Waals surface area contributed by atoms with Crippen molar-refractivity contribution < 1.29 is 29.4 Å². The molecule has 0 unspecified atom stereocenters. The largest absolute Gasteiger partial charge is 0.481 e. The topological polar surface area (TPSA) is 37.3 Å². The smallest absolute Gasteiger partial charge is 0.300 e. The molecule has 0 aliphatic carbocycles. The van der Waals surface area contributed by atoms with Gasteiger partial charge in [-0.05, 0) is 0 Å². The average Bonchev–Trinajstić information content (AvgIpc) is 2.47. The van der Waals surface area contributed by atoms with Crippen LogP contribution >= 0.6 is 0 Å². The summed E-state index contributed by atoms with van der Waals surface area (Å²) < 4.78 is 0. The van der Waals surface area contributed by atoms with Gasteiger partial charge < -0.3 is 32.8 Å². The van der Waals surface area contributed by atoms with Gasteiger partial charge in [-0.25, -0.2) is 0 Å². The molecule has 0 heterocycles. The molecule has 0 aromatic heterocycles. The normalized spacial score (nSPS) is 6.90. The maximum Gasteiger partial charge on any atom is 0.300 e. The Balaban J connectivity index is -0.0000000331. The second-order valence-electron chi connectivity index (χ2n) is 3.93. The molecule has 0 saturated carbocycles. The van der Waals surface area contributed by atoms with Crippen LogP contribution in [0, 0.1) is 27.7 Å². The van der Waals surface area contributed by atoms with Crippen LogP contribution < -0.4 is 0 Å². The molecule has 1 N–H and O–H groups in total. The minimum absolute atomic E-state index is 0. The SMILES string of the molecule is CC(=O)O.[CH2-]CCC.[CH2-]CCC.[CH2-]CCC.[CH2-]CCC.[Zn]. The fourth-order valence-electron chi connectivity index (χ4n) is 0. The third-order valence-electron chi connectivity index (χ3n) is 1.41. The standard InChI is InChI=1S/4C4H9.C2H4O2.Zn/c4*1-3-4-2;1-2(3)4;/h4*1,3-4H2,2H3;1H3,(H,3,4);/q4*-1;;. The number of carboxylic acid groups (broad SMARTS) is 1. The molecule has 0 aliphatic heterocycles. The molecule has 0 aromatic rings. The minimum Gasteiger partial charge on any atom is -0.481 e. The zero-order chi connectivity index (χ0) is 17.2. The molecular weight excluding hydrogens is 314 g/mol. The van der Waals surface area contributed by atoms with Gasteiger partial charge in [0.2, 0.25) is 0 Å². The number of hydrogen-bond acceptors (Lipinski definition) is 1. The first-order valence-corrected chi connectivity index (χ1v) is 7.76. The van der Waals surface area contributed by atoms with Crippen molar-refractivity contribution in [1.82, 2.24) is 0 Å². The van der Waals surface area contributed by atoms with Crippen LogP contribution in [0.5, 0.6) is 0 Å². The van der Waals surface area contributed by atoms with E-state index in [4.69, 9.17) is 9.90 Å². The van der Waals surface area contributed by atoms with E-state index in [1.807, 2.05) is 0 Å². The Morgan fingerprint density at radius 2 is 0.762 bits per heavy atom. The molecule has 2 nitrogen and oxygen atoms in total. The second kappa shape index (κ2) is 59.5. The molecule has 0 fully saturated rings. The number of carbonyl (C=O) groups is 1. The van der Waals surface area contributed by atoms with Crippen LogP contribution in [0.1, 0.15) is 86.0 Å². The van der Waals surface area contributed by atoms with Crippen molar-refractivity contribution in [1.29, 1.82) is 0 Å². The predicted octanol–water partition coefficient (Wildman–Crippen LogP) is 6.57. The van der Waals surface area contributed by atoms with Crippen LogP contribution in [0.4, 0.5) is 0 Å². The molecule has 0 rings (SSSR count). The van der Waals surface area contributed by atoms with E-state index in [1.165, 1.54) is 25.7 Å². The number of hydrogen-bond donors (Lipinski definition) is 1. The van der Waals surface area contributed by atoms with E-state index >= 15 is 0 Å². The van der Waals surface area contributed by atoms with Gasteiger partial charge in [-0.1, -0.05) is 53.4 Å². The number of aliphatic carboxylic acids is 1. The van der Waals surface area contributed by atoms with E-state index < -0.39 is 5.97 Å². The molecule has 0 saturated heterocycles. The molecule has 0 radical (unpaired) electrons. The first kappa shape index (κ1) is 37.4. The third kappa shape index (κ3) is 393. The van der Waals surface area contributed by atoms with Gasteiger partial charge in [0, 0.05) is 26.4 Å². The summed E-state index contributed by atoms with van der Waals surface area (Å²) in [6.45, 7) is 24.0. The molecule has 0 atom stereocenters. The van der Waals surface area contributed by atoms with Gasteiger partial charge in [-0.15, -0.1) is 0 Å². The van der Waals surface area contributed by atoms with Crippen LogP contribution in [-0.2, 0) is 24.3 Å². The van der Waals surface area contributed by atoms with Crippen molar-refractivity contribution in [2.24, 2.45) is 0 Å². The maximum atomic E-state index is 9.00. The average molecular weight is 354 g/mol. The monoisotopic (exact) mass is 352 g/mol. The summed E-state index contributed by atoms with van der Waals surface area (Å²) in [6.07, 6.45) is 9.11. The number of rotatable bonds is 4. The third-order valence-corrected chi connectivity index (χ3v) is 1.41. The minimum atomic E-state index is -0.833. The van der Waals surface area contributed by atoms with Crippen molar-refractivity contribution in [3.63, 3.8) is 0 Å². The summed E-state index contributed by atoms with van der Waals surface area (Å²) in [5.41, 5.74) is 0. The summed E-state index contributed by atoms with van der Waals surface area (Å²) in [5, 5.41) is 7.42. The van der Waals surface area contributed by atoms with Crippen LogP contribution in [0.25, 0.3) is 0 Å². The summed E-state index contributed by atoms with van der Waals surface area (Å²) >= 11 is 0. The first-order chi connectivity index (χ1) is 9.39. The Labute approximate surface area is 149 Å². The van der Waals surface area contributed by atoms with Crippen molar-refractivity contribution in [2.75, 3.05) is 0 Å². The van der Waals surface area contributed by atoms with Gasteiger partial charge in [0.25, 0.3) is 5.97 Å². The summed E-state index contributed by atoms with van der Waals surface area (Å²) in [4.78, 5) is 9.00. The van der Waals surface area contributed by atoms with E-state index in [1.54, 1.807) is 0 Å². The molecule has 130 valence electrons. The quantitative estimate of drug-likeness (QED) is 0.458. The van der Waals surface area contributed by atoms with Crippen molar-refractivity contribution in [3.05, 3.63) is 27.7 Å². The van der Waals surface area contributed by atoms with E-state index in [0.717, 1.165) is 32.6 Å². The second-order valence-corrected chi connectivity index (χ2v) is 3.93. The molecule has 0 aromatic carbocycles. The molecule has 0 bridgehead atoms. The molecule has 0 amide bonds. The Kier molecular flexibility index (Phi) is 106. The molecule has 21 heavy (non-hydrogen) atoms. The molecule has 3 heteroatoms. The van der Waals surface area contributed by atoms with Crippen molar-refractivity contribution in [2.45, 2.75) is 86.0 Å². The molecular formula is C18H40O2Zn-4. The fourth-order valence-corrected chi connectivity index (χ4v) is 0. The van der Waals surface area contributed by atoms with Gasteiger partial charge in [-0.3, -0.25) is 4.79 Å². The van der Waals surface area contributed by atoms with Crippen LogP contribution in [0.3, 0.4) is 0 Å². The van der Waals surface area contributed by atoms with Gasteiger partial charge in [0.1, 0.15) is 0 Å². The molecule has 0 spiro atoms. The van der Waals surface area contributed by atoms with Gasteiger partial charge >= 0.3 is 0 Å². The van der Waals surface area contributed by atoms with E-state index in [0.29, 0.717) is 0 Å². The number of unbranched alkanes of at least 4 members (excludes halogenated alkanes) is 4. The zero-order valence-electron chi connectivity index (χ0n) is 15.5. The Morgan fingerprint density at radius 1 is 0.714 bits per heavy atom. The van der Waals surface area contributed by atoms with Gasteiger partial charge in [0.05, 0.1) is 0 Å². The fraction of sp³-hybridized carbons (Fsp3) is 0.722. The van der Waals surface area contributed by atoms with E-state index in [9.17, 15) is 0 Å². The maximum absolute atomic E-state index is 9.00. The van der Waals surface area contributed by atoms with Crippen molar-refractivity contribution in [3.8, 4) is 0 Å². The summed E-state index contributed by atoms with van der Waals surface area (Å²) in [5.74, 6) is -0.833. The van der Waals surface area contributed by atoms with Crippen LogP contribution in [0.2, 0.25) is 0 Å². The van der Waals surface area contributed by atoms with Crippen LogP contribution in [-0.4, -0.2) is 11.1 Å². The van der Waals surface area contributed by atoms with E-state index in [-0.39, 0.29) is 19.5 Å². The Hall–Kier alpha value is 0.0934. The Bertz CT molecular complexity index is 89.8.